The van der Waals surface area contributed by atoms with Crippen molar-refractivity contribution >= 4 is 27.8 Å². The number of nitrogens with one attached hydrogen (secondary N) is 1. The van der Waals surface area contributed by atoms with Crippen LogP contribution in [0.3, 0.4) is 0 Å². The second-order valence-corrected chi connectivity index (χ2v) is 7.49. The van der Waals surface area contributed by atoms with Crippen molar-refractivity contribution in [2.45, 2.75) is 11.8 Å². The van der Waals surface area contributed by atoms with E-state index in [1.165, 1.54) is 18.2 Å². The summed E-state index contributed by atoms with van der Waals surface area (Å²) in [6.07, 6.45) is 0. The molecule has 28 heavy (non-hydrogen) atoms. The summed E-state index contributed by atoms with van der Waals surface area (Å²) in [5.41, 5.74) is 1.17. The number of primary sulfonamides is 1. The largest absolute Gasteiger partial charge is 0.477 e. The van der Waals surface area contributed by atoms with Gasteiger partial charge in [0.2, 0.25) is 15.9 Å². The third kappa shape index (κ3) is 3.92. The van der Waals surface area contributed by atoms with Crippen molar-refractivity contribution in [3.05, 3.63) is 65.2 Å². The van der Waals surface area contributed by atoms with Crippen LogP contribution in [0.25, 0.3) is 11.3 Å². The van der Waals surface area contributed by atoms with Crippen LogP contribution in [0.15, 0.2) is 57.9 Å². The topological polar surface area (TPSA) is 153 Å². The molecule has 0 aliphatic carbocycles. The van der Waals surface area contributed by atoms with E-state index in [0.717, 1.165) is 11.6 Å². The minimum Gasteiger partial charge on any atom is -0.477 e. The lowest BCUT2D eigenvalue weighted by atomic mass is 10.1. The maximum atomic E-state index is 12.4. The molecule has 0 fully saturated rings. The summed E-state index contributed by atoms with van der Waals surface area (Å²) in [5.74, 6) is -2.49. The third-order valence-corrected chi connectivity index (χ3v) is 4.79. The summed E-state index contributed by atoms with van der Waals surface area (Å²) in [7, 11) is -4.00. The summed E-state index contributed by atoms with van der Waals surface area (Å²) in [5, 5.41) is 20.7. The van der Waals surface area contributed by atoms with Gasteiger partial charge in [-0.15, -0.1) is 0 Å². The van der Waals surface area contributed by atoms with E-state index in [1.807, 2.05) is 6.92 Å². The van der Waals surface area contributed by atoms with Gasteiger partial charge >= 0.3 is 5.97 Å². The maximum absolute atomic E-state index is 12.4. The lowest BCUT2D eigenvalue weighted by Gasteiger charge is -2.05. The quantitative estimate of drug-likeness (QED) is 0.592. The molecule has 0 atom stereocenters. The minimum atomic E-state index is -4.00. The number of carboxylic acid groups (broad SMARTS) is 1. The van der Waals surface area contributed by atoms with Gasteiger partial charge in [0.25, 0.3) is 5.91 Å². The zero-order valence-electron chi connectivity index (χ0n) is 14.5. The van der Waals surface area contributed by atoms with Crippen LogP contribution in [0.2, 0.25) is 0 Å². The Morgan fingerprint density at radius 1 is 1.14 bits per heavy atom. The van der Waals surface area contributed by atoms with E-state index < -0.39 is 21.9 Å². The number of nitrogens with two attached hydrogens (primary N) is 1. The number of rotatable bonds is 5. The van der Waals surface area contributed by atoms with E-state index >= 15 is 0 Å². The summed E-state index contributed by atoms with van der Waals surface area (Å²) in [6.45, 7) is 1.88. The molecule has 0 aliphatic heterocycles. The highest BCUT2D eigenvalue weighted by Gasteiger charge is 2.25. The van der Waals surface area contributed by atoms with Crippen molar-refractivity contribution in [2.75, 3.05) is 5.32 Å². The Hall–Kier alpha value is -3.50. The molecule has 1 amide bonds. The van der Waals surface area contributed by atoms with Gasteiger partial charge < -0.3 is 9.63 Å². The summed E-state index contributed by atoms with van der Waals surface area (Å²) >= 11 is 0. The number of carbonyl (C=O) groups excluding carboxylic acids is 1. The van der Waals surface area contributed by atoms with Crippen molar-refractivity contribution in [3.63, 3.8) is 0 Å². The fourth-order valence-corrected chi connectivity index (χ4v) is 3.03. The van der Waals surface area contributed by atoms with E-state index in [-0.39, 0.29) is 27.6 Å². The average Bonchev–Trinajstić information content (AvgIpc) is 3.05. The van der Waals surface area contributed by atoms with Gasteiger partial charge in [-0.2, -0.15) is 0 Å². The van der Waals surface area contributed by atoms with Crippen LogP contribution in [0.1, 0.15) is 26.3 Å². The fourth-order valence-electron chi connectivity index (χ4n) is 2.47. The van der Waals surface area contributed by atoms with E-state index in [9.17, 15) is 23.1 Å². The number of aromatic nitrogens is 1. The Morgan fingerprint density at radius 2 is 1.82 bits per heavy atom. The third-order valence-electron chi connectivity index (χ3n) is 3.88. The number of amides is 1. The lowest BCUT2D eigenvalue weighted by molar-refractivity contribution is 0.0698. The van der Waals surface area contributed by atoms with E-state index in [4.69, 9.17) is 9.66 Å². The Bertz CT molecular complexity index is 1170. The Labute approximate surface area is 159 Å². The van der Waals surface area contributed by atoms with Crippen LogP contribution < -0.4 is 10.5 Å². The van der Waals surface area contributed by atoms with Gasteiger partial charge in [-0.3, -0.25) is 10.1 Å². The van der Waals surface area contributed by atoms with Gasteiger partial charge in [0.1, 0.15) is 5.69 Å². The number of sulfonamides is 1. The minimum absolute atomic E-state index is 0.0452. The second kappa shape index (κ2) is 7.25. The number of anilines is 1. The maximum Gasteiger partial charge on any atom is 0.343 e. The zero-order chi connectivity index (χ0) is 20.5. The van der Waals surface area contributed by atoms with E-state index in [2.05, 4.69) is 10.5 Å². The van der Waals surface area contributed by atoms with Crippen molar-refractivity contribution in [1.29, 1.82) is 0 Å². The standard InChI is InChI=1S/C18H15N3O6S/c1-10-5-7-11(8-6-10)15-14(18(23)24)17(27-21-15)20-16(22)12-3-2-4-13(9-12)28(19,25)26/h2-9H,1H3,(H,20,22)(H,23,24)(H2,19,25,26). The van der Waals surface area contributed by atoms with Gasteiger partial charge in [-0.1, -0.05) is 41.1 Å². The fraction of sp³-hybridized carbons (Fsp3) is 0.0556. The first-order valence-corrected chi connectivity index (χ1v) is 9.45. The number of nitrogens with zero attached hydrogens (tertiary/aromatic N) is 1. The lowest BCUT2D eigenvalue weighted by Crippen LogP contribution is -2.16. The first-order chi connectivity index (χ1) is 13.2. The molecule has 2 aromatic carbocycles. The molecule has 144 valence electrons. The van der Waals surface area contributed by atoms with E-state index in [1.54, 1.807) is 24.3 Å². The van der Waals surface area contributed by atoms with Crippen molar-refractivity contribution < 1.29 is 27.6 Å². The molecule has 4 N–H and O–H groups in total. The van der Waals surface area contributed by atoms with Gasteiger partial charge in [-0.25, -0.2) is 18.4 Å². The SMILES string of the molecule is Cc1ccc(-c2noc(NC(=O)c3cccc(S(N)(=O)=O)c3)c2C(=O)O)cc1. The van der Waals surface area contributed by atoms with Crippen molar-refractivity contribution in [1.82, 2.24) is 5.16 Å². The van der Waals surface area contributed by atoms with Gasteiger partial charge in [0.15, 0.2) is 5.56 Å². The molecule has 1 heterocycles. The molecule has 0 saturated heterocycles. The monoisotopic (exact) mass is 401 g/mol. The van der Waals surface area contributed by atoms with Crippen LogP contribution in [-0.4, -0.2) is 30.6 Å². The highest BCUT2D eigenvalue weighted by molar-refractivity contribution is 7.89. The first-order valence-electron chi connectivity index (χ1n) is 7.91. The Kier molecular flexibility index (Phi) is 4.99. The van der Waals surface area contributed by atoms with Crippen LogP contribution in [0.5, 0.6) is 0 Å². The zero-order valence-corrected chi connectivity index (χ0v) is 15.4. The number of aromatic carboxylic acids is 1. The van der Waals surface area contributed by atoms with Crippen molar-refractivity contribution in [3.8, 4) is 11.3 Å². The normalized spacial score (nSPS) is 11.2. The number of benzene rings is 2. The number of hydrogen-bond donors (Lipinski definition) is 3. The number of carboxylic acids is 1. The second-order valence-electron chi connectivity index (χ2n) is 5.93. The molecule has 0 radical (unpaired) electrons. The van der Waals surface area contributed by atoms with Crippen LogP contribution in [0, 0.1) is 6.92 Å². The number of hydrogen-bond acceptors (Lipinski definition) is 6. The van der Waals surface area contributed by atoms with Crippen LogP contribution in [0.4, 0.5) is 5.88 Å². The molecule has 9 nitrogen and oxygen atoms in total. The molecular weight excluding hydrogens is 386 g/mol. The molecule has 3 rings (SSSR count). The van der Waals surface area contributed by atoms with Crippen LogP contribution >= 0.6 is 0 Å². The predicted molar refractivity (Wildman–Crippen MR) is 99.4 cm³/mol. The van der Waals surface area contributed by atoms with Crippen molar-refractivity contribution in [2.24, 2.45) is 5.14 Å². The predicted octanol–water partition coefficient (Wildman–Crippen LogP) is 2.25. The summed E-state index contributed by atoms with van der Waals surface area (Å²) in [6, 6.07) is 11.9. The van der Waals surface area contributed by atoms with Gasteiger partial charge in [-0.05, 0) is 25.1 Å². The van der Waals surface area contributed by atoms with Gasteiger partial charge in [0, 0.05) is 11.1 Å². The molecule has 0 unspecified atom stereocenters. The molecule has 0 spiro atoms. The van der Waals surface area contributed by atoms with E-state index in [0.29, 0.717) is 5.56 Å². The highest BCUT2D eigenvalue weighted by Crippen LogP contribution is 2.29. The first kappa shape index (κ1) is 19.3. The number of carbonyl (C=O) groups is 2. The molecule has 10 heteroatoms. The summed E-state index contributed by atoms with van der Waals surface area (Å²) < 4.78 is 27.9. The average molecular weight is 401 g/mol. The summed E-state index contributed by atoms with van der Waals surface area (Å²) in [4.78, 5) is 23.9. The number of aryl methyl sites for hydroxylation is 1. The Balaban J connectivity index is 1.96. The molecule has 3 aromatic rings. The van der Waals surface area contributed by atoms with Crippen LogP contribution in [-0.2, 0) is 10.0 Å². The molecular formula is C18H15N3O6S. The molecule has 0 aliphatic rings. The Morgan fingerprint density at radius 3 is 2.43 bits per heavy atom. The molecule has 0 saturated carbocycles. The highest BCUT2D eigenvalue weighted by atomic mass is 32.2. The van der Waals surface area contributed by atoms with Gasteiger partial charge in [0.05, 0.1) is 4.90 Å². The smallest absolute Gasteiger partial charge is 0.343 e. The molecule has 1 aromatic heterocycles. The molecule has 0 bridgehead atoms.